The topological polar surface area (TPSA) is 25.2 Å². The van der Waals surface area contributed by atoms with Gasteiger partial charge in [0.25, 0.3) is 0 Å². The Kier molecular flexibility index (Phi) is 4.30. The Bertz CT molecular complexity index is 507. The van der Waals surface area contributed by atoms with Gasteiger partial charge in [0.15, 0.2) is 0 Å². The lowest BCUT2D eigenvalue weighted by atomic mass is 10.1. The summed E-state index contributed by atoms with van der Waals surface area (Å²) in [5, 5.41) is 3.60. The van der Waals surface area contributed by atoms with E-state index in [1.807, 2.05) is 19.1 Å². The molecule has 1 unspecified atom stereocenters. The summed E-state index contributed by atoms with van der Waals surface area (Å²) in [5.41, 5.74) is 0.668. The summed E-state index contributed by atoms with van der Waals surface area (Å²) in [6.45, 7) is 2.03. The molecule has 2 aromatic rings. The lowest BCUT2D eigenvalue weighted by Gasteiger charge is -2.18. The summed E-state index contributed by atoms with van der Waals surface area (Å²) in [4.78, 5) is 0. The van der Waals surface area contributed by atoms with Crippen molar-refractivity contribution in [1.82, 2.24) is 0 Å². The van der Waals surface area contributed by atoms with Gasteiger partial charge in [-0.2, -0.15) is 0 Å². The Morgan fingerprint density at radius 2 is 2.28 bits per heavy atom. The highest BCUT2D eigenvalue weighted by Gasteiger charge is 2.16. The Morgan fingerprint density at radius 1 is 1.50 bits per heavy atom. The van der Waals surface area contributed by atoms with Crippen LogP contribution < -0.4 is 5.32 Å². The first-order valence-corrected chi connectivity index (χ1v) is 6.73. The molecule has 1 heterocycles. The van der Waals surface area contributed by atoms with Crippen molar-refractivity contribution in [1.29, 1.82) is 0 Å². The summed E-state index contributed by atoms with van der Waals surface area (Å²) in [7, 11) is 0. The van der Waals surface area contributed by atoms with E-state index in [2.05, 4.69) is 21.2 Å². The average molecular weight is 333 g/mol. The predicted molar refractivity (Wildman–Crippen MR) is 74.5 cm³/mol. The monoisotopic (exact) mass is 331 g/mol. The molecule has 1 atom stereocenters. The van der Waals surface area contributed by atoms with Gasteiger partial charge in [-0.25, -0.2) is 4.39 Å². The summed E-state index contributed by atoms with van der Waals surface area (Å²) >= 11 is 9.34. The van der Waals surface area contributed by atoms with E-state index in [0.29, 0.717) is 15.2 Å². The Balaban J connectivity index is 2.28. The third-order valence-corrected chi connectivity index (χ3v) is 3.54. The number of halogens is 3. The van der Waals surface area contributed by atoms with Crippen LogP contribution in [0.1, 0.15) is 25.1 Å². The van der Waals surface area contributed by atoms with Crippen molar-refractivity contribution in [3.05, 3.63) is 51.6 Å². The molecule has 1 N–H and O–H groups in total. The smallest absolute Gasteiger partial charge is 0.125 e. The first-order valence-electron chi connectivity index (χ1n) is 5.56. The maximum atomic E-state index is 13.1. The highest BCUT2D eigenvalue weighted by Crippen LogP contribution is 2.35. The second-order valence-electron chi connectivity index (χ2n) is 3.87. The van der Waals surface area contributed by atoms with E-state index in [9.17, 15) is 4.39 Å². The third kappa shape index (κ3) is 2.87. The molecule has 0 amide bonds. The van der Waals surface area contributed by atoms with Gasteiger partial charge in [-0.3, -0.25) is 0 Å². The van der Waals surface area contributed by atoms with Crippen molar-refractivity contribution in [3.8, 4) is 0 Å². The Labute approximate surface area is 118 Å². The number of nitrogens with one attached hydrogen (secondary N) is 1. The molecule has 1 aromatic heterocycles. The zero-order chi connectivity index (χ0) is 13.1. The van der Waals surface area contributed by atoms with Crippen molar-refractivity contribution in [3.63, 3.8) is 0 Å². The molecule has 0 saturated heterocycles. The van der Waals surface area contributed by atoms with Crippen molar-refractivity contribution in [2.24, 2.45) is 0 Å². The minimum absolute atomic E-state index is 0.000684. The van der Waals surface area contributed by atoms with Gasteiger partial charge in [-0.05, 0) is 46.6 Å². The summed E-state index contributed by atoms with van der Waals surface area (Å²) in [6, 6.07) is 6.39. The standard InChI is InChI=1S/C13H12BrClFNO/c1-2-11(12-4-3-5-18-12)17-13-9(14)6-8(16)7-10(13)15/h3-7,11,17H,2H2,1H3. The fraction of sp³-hybridized carbons (Fsp3) is 0.231. The van der Waals surface area contributed by atoms with E-state index in [-0.39, 0.29) is 11.9 Å². The molecule has 2 rings (SSSR count). The van der Waals surface area contributed by atoms with Crippen LogP contribution in [0.4, 0.5) is 10.1 Å². The molecule has 0 aliphatic rings. The normalized spacial score (nSPS) is 12.4. The third-order valence-electron chi connectivity index (χ3n) is 2.62. The van der Waals surface area contributed by atoms with E-state index in [1.54, 1.807) is 6.26 Å². The van der Waals surface area contributed by atoms with Crippen molar-refractivity contribution in [2.75, 3.05) is 5.32 Å². The van der Waals surface area contributed by atoms with Gasteiger partial charge in [0.2, 0.25) is 0 Å². The molecule has 96 valence electrons. The van der Waals surface area contributed by atoms with E-state index in [1.165, 1.54) is 12.1 Å². The molecule has 0 fully saturated rings. The molecule has 0 spiro atoms. The molecule has 2 nitrogen and oxygen atoms in total. The maximum Gasteiger partial charge on any atom is 0.125 e. The van der Waals surface area contributed by atoms with Crippen LogP contribution in [0.15, 0.2) is 39.4 Å². The van der Waals surface area contributed by atoms with Crippen molar-refractivity contribution >= 4 is 33.2 Å². The summed E-state index contributed by atoms with van der Waals surface area (Å²) in [5.74, 6) is 0.452. The summed E-state index contributed by atoms with van der Waals surface area (Å²) in [6.07, 6.45) is 2.45. The van der Waals surface area contributed by atoms with Gasteiger partial charge in [0.1, 0.15) is 11.6 Å². The molecular weight excluding hydrogens is 321 g/mol. The van der Waals surface area contributed by atoms with E-state index >= 15 is 0 Å². The molecule has 0 aliphatic heterocycles. The molecule has 0 bridgehead atoms. The van der Waals surface area contributed by atoms with Gasteiger partial charge < -0.3 is 9.73 Å². The molecular formula is C13H12BrClFNO. The lowest BCUT2D eigenvalue weighted by molar-refractivity contribution is 0.474. The highest BCUT2D eigenvalue weighted by atomic mass is 79.9. The highest BCUT2D eigenvalue weighted by molar-refractivity contribution is 9.10. The first kappa shape index (κ1) is 13.4. The van der Waals surface area contributed by atoms with Crippen LogP contribution in [0, 0.1) is 5.82 Å². The number of rotatable bonds is 4. The molecule has 0 radical (unpaired) electrons. The average Bonchev–Trinajstić information content (AvgIpc) is 2.81. The largest absolute Gasteiger partial charge is 0.467 e. The first-order chi connectivity index (χ1) is 8.61. The maximum absolute atomic E-state index is 13.1. The van der Waals surface area contributed by atoms with E-state index in [0.717, 1.165) is 12.2 Å². The van der Waals surface area contributed by atoms with Gasteiger partial charge >= 0.3 is 0 Å². The fourth-order valence-electron chi connectivity index (χ4n) is 1.72. The number of furan rings is 1. The van der Waals surface area contributed by atoms with Crippen LogP contribution in [-0.4, -0.2) is 0 Å². The zero-order valence-corrected chi connectivity index (χ0v) is 12.1. The molecule has 0 saturated carbocycles. The number of hydrogen-bond acceptors (Lipinski definition) is 2. The van der Waals surface area contributed by atoms with E-state index in [4.69, 9.17) is 16.0 Å². The lowest BCUT2D eigenvalue weighted by Crippen LogP contribution is -2.09. The molecule has 1 aromatic carbocycles. The van der Waals surface area contributed by atoms with Gasteiger partial charge in [0.05, 0.1) is 23.0 Å². The Hall–Kier alpha value is -1.00. The van der Waals surface area contributed by atoms with Crippen LogP contribution in [-0.2, 0) is 0 Å². The van der Waals surface area contributed by atoms with Gasteiger partial charge in [-0.1, -0.05) is 18.5 Å². The Morgan fingerprint density at radius 3 is 2.83 bits per heavy atom. The minimum atomic E-state index is -0.372. The van der Waals surface area contributed by atoms with Gasteiger partial charge in [-0.15, -0.1) is 0 Å². The minimum Gasteiger partial charge on any atom is -0.467 e. The van der Waals surface area contributed by atoms with Crippen LogP contribution in [0.3, 0.4) is 0 Å². The second kappa shape index (κ2) is 5.76. The summed E-state index contributed by atoms with van der Waals surface area (Å²) < 4.78 is 19.1. The van der Waals surface area contributed by atoms with Crippen LogP contribution >= 0.6 is 27.5 Å². The van der Waals surface area contributed by atoms with Gasteiger partial charge in [0, 0.05) is 4.47 Å². The molecule has 18 heavy (non-hydrogen) atoms. The number of anilines is 1. The second-order valence-corrected chi connectivity index (χ2v) is 5.13. The van der Waals surface area contributed by atoms with Crippen LogP contribution in [0.25, 0.3) is 0 Å². The van der Waals surface area contributed by atoms with Crippen LogP contribution in [0.5, 0.6) is 0 Å². The quantitative estimate of drug-likeness (QED) is 0.811. The predicted octanol–water partition coefficient (Wildman–Crippen LogP) is 5.40. The number of benzene rings is 1. The fourth-order valence-corrected chi connectivity index (χ4v) is 2.64. The van der Waals surface area contributed by atoms with E-state index < -0.39 is 0 Å². The zero-order valence-electron chi connectivity index (χ0n) is 9.71. The van der Waals surface area contributed by atoms with Crippen LogP contribution in [0.2, 0.25) is 5.02 Å². The molecule has 5 heteroatoms. The van der Waals surface area contributed by atoms with Crippen molar-refractivity contribution < 1.29 is 8.81 Å². The van der Waals surface area contributed by atoms with Crippen molar-refractivity contribution in [2.45, 2.75) is 19.4 Å². The molecule has 0 aliphatic carbocycles. The number of hydrogen-bond donors (Lipinski definition) is 1. The SMILES string of the molecule is CCC(Nc1c(Cl)cc(F)cc1Br)c1ccco1.